The van der Waals surface area contributed by atoms with Gasteiger partial charge < -0.3 is 15.0 Å². The Bertz CT molecular complexity index is 1440. The van der Waals surface area contributed by atoms with Crippen LogP contribution in [0.5, 0.6) is 5.75 Å². The number of carbonyl (C=O) groups excluding carboxylic acids is 2. The molecule has 1 N–H and O–H groups in total. The quantitative estimate of drug-likeness (QED) is 0.299. The van der Waals surface area contributed by atoms with Gasteiger partial charge >= 0.3 is 0 Å². The number of amides is 2. The van der Waals surface area contributed by atoms with Gasteiger partial charge in [-0.15, -0.1) is 0 Å². The van der Waals surface area contributed by atoms with Crippen LogP contribution >= 0.6 is 0 Å². The van der Waals surface area contributed by atoms with Crippen molar-refractivity contribution >= 4 is 27.5 Å². The Morgan fingerprint density at radius 1 is 0.902 bits per heavy atom. The van der Waals surface area contributed by atoms with Gasteiger partial charge in [0.15, 0.2) is 0 Å². The summed E-state index contributed by atoms with van der Waals surface area (Å²) in [5.74, 6) is -0.463. The molecule has 0 bridgehead atoms. The van der Waals surface area contributed by atoms with Crippen molar-refractivity contribution in [2.24, 2.45) is 0 Å². The Balaban J connectivity index is 2.10. The summed E-state index contributed by atoms with van der Waals surface area (Å²) < 4.78 is 34.7. The van der Waals surface area contributed by atoms with Gasteiger partial charge in [-0.1, -0.05) is 73.5 Å². The first-order valence-corrected chi connectivity index (χ1v) is 15.3. The zero-order valence-corrected chi connectivity index (χ0v) is 25.6. The summed E-state index contributed by atoms with van der Waals surface area (Å²) in [5, 5.41) is 2.99. The summed E-state index contributed by atoms with van der Waals surface area (Å²) in [4.78, 5) is 29.1. The average Bonchev–Trinajstić information content (AvgIpc) is 2.95. The third-order valence-corrected chi connectivity index (χ3v) is 8.84. The van der Waals surface area contributed by atoms with E-state index >= 15 is 0 Å². The van der Waals surface area contributed by atoms with Gasteiger partial charge in [0.25, 0.3) is 10.0 Å². The Labute approximate surface area is 244 Å². The van der Waals surface area contributed by atoms with Gasteiger partial charge in [-0.05, 0) is 63.4 Å². The summed E-state index contributed by atoms with van der Waals surface area (Å²) in [6, 6.07) is 20.0. The minimum Gasteiger partial charge on any atom is -0.495 e. The molecule has 0 saturated carbocycles. The summed E-state index contributed by atoms with van der Waals surface area (Å²) in [7, 11) is -2.73. The number of aryl methyl sites for hydroxylation is 2. The van der Waals surface area contributed by atoms with Gasteiger partial charge in [-0.2, -0.15) is 0 Å². The van der Waals surface area contributed by atoms with Crippen LogP contribution in [0.15, 0.2) is 77.7 Å². The number of benzene rings is 3. The zero-order valence-electron chi connectivity index (χ0n) is 24.8. The molecular formula is C32H41N3O5S. The van der Waals surface area contributed by atoms with E-state index < -0.39 is 28.5 Å². The van der Waals surface area contributed by atoms with E-state index in [2.05, 4.69) is 5.32 Å². The van der Waals surface area contributed by atoms with Crippen LogP contribution in [-0.4, -0.2) is 50.9 Å². The van der Waals surface area contributed by atoms with Gasteiger partial charge in [0.2, 0.25) is 11.8 Å². The summed E-state index contributed by atoms with van der Waals surface area (Å²) >= 11 is 0. The molecule has 41 heavy (non-hydrogen) atoms. The van der Waals surface area contributed by atoms with Crippen LogP contribution < -0.4 is 14.4 Å². The molecule has 3 aromatic carbocycles. The van der Waals surface area contributed by atoms with E-state index in [0.717, 1.165) is 27.4 Å². The molecule has 3 rings (SSSR count). The van der Waals surface area contributed by atoms with E-state index in [1.54, 1.807) is 36.4 Å². The molecule has 3 aromatic rings. The molecule has 2 amide bonds. The van der Waals surface area contributed by atoms with Crippen LogP contribution in [0.4, 0.5) is 5.69 Å². The smallest absolute Gasteiger partial charge is 0.264 e. The van der Waals surface area contributed by atoms with Crippen LogP contribution in [0.25, 0.3) is 0 Å². The van der Waals surface area contributed by atoms with Crippen LogP contribution in [-0.2, 0) is 26.2 Å². The molecule has 0 aliphatic carbocycles. The molecule has 220 valence electrons. The highest BCUT2D eigenvalue weighted by molar-refractivity contribution is 7.92. The lowest BCUT2D eigenvalue weighted by molar-refractivity contribution is -0.140. The SMILES string of the molecule is CC[C@@H](C)NC(=O)[C@@H](CC)N(Cc1cccc(C)c1)C(=O)CN(c1ccccc1OC)S(=O)(=O)c1ccc(C)cc1. The number of rotatable bonds is 13. The molecule has 0 aromatic heterocycles. The largest absolute Gasteiger partial charge is 0.495 e. The standard InChI is InChI=1S/C32H41N3O5S/c1-7-25(5)33-32(37)28(8-2)34(21-26-13-11-12-24(4)20-26)31(36)22-35(29-14-9-10-15-30(29)40-6)41(38,39)27-18-16-23(3)17-19-27/h9-20,25,28H,7-8,21-22H2,1-6H3,(H,33,37)/t25-,28-/m1/s1. The van der Waals surface area contributed by atoms with Crippen molar-refractivity contribution in [3.8, 4) is 5.75 Å². The summed E-state index contributed by atoms with van der Waals surface area (Å²) in [5.41, 5.74) is 3.01. The van der Waals surface area contributed by atoms with Crippen LogP contribution in [0.1, 0.15) is 50.3 Å². The molecule has 8 nitrogen and oxygen atoms in total. The number of nitrogens with one attached hydrogen (secondary N) is 1. The Kier molecular flexibility index (Phi) is 10.9. The number of ether oxygens (including phenoxy) is 1. The summed E-state index contributed by atoms with van der Waals surface area (Å²) in [6.45, 7) is 9.19. The van der Waals surface area contributed by atoms with E-state index in [-0.39, 0.29) is 29.1 Å². The lowest BCUT2D eigenvalue weighted by Gasteiger charge is -2.34. The van der Waals surface area contributed by atoms with Crippen molar-refractivity contribution in [3.63, 3.8) is 0 Å². The molecule has 0 radical (unpaired) electrons. The first-order valence-electron chi connectivity index (χ1n) is 13.9. The van der Waals surface area contributed by atoms with Gasteiger partial charge in [0.1, 0.15) is 18.3 Å². The first-order chi connectivity index (χ1) is 19.5. The molecule has 0 unspecified atom stereocenters. The number of carbonyl (C=O) groups is 2. The van der Waals surface area contributed by atoms with Crippen molar-refractivity contribution < 1.29 is 22.7 Å². The van der Waals surface area contributed by atoms with E-state index in [1.807, 2.05) is 58.9 Å². The molecule has 0 spiro atoms. The molecule has 0 heterocycles. The maximum absolute atomic E-state index is 14.2. The minimum absolute atomic E-state index is 0.0496. The number of anilines is 1. The molecule has 0 fully saturated rings. The van der Waals surface area contributed by atoms with Crippen molar-refractivity contribution in [3.05, 3.63) is 89.5 Å². The van der Waals surface area contributed by atoms with Crippen molar-refractivity contribution in [1.82, 2.24) is 10.2 Å². The van der Waals surface area contributed by atoms with Crippen molar-refractivity contribution in [2.45, 2.75) is 71.0 Å². The van der Waals surface area contributed by atoms with Crippen LogP contribution in [0.3, 0.4) is 0 Å². The molecule has 9 heteroatoms. The van der Waals surface area contributed by atoms with Gasteiger partial charge in [-0.25, -0.2) is 8.42 Å². The Morgan fingerprint density at radius 2 is 1.59 bits per heavy atom. The second kappa shape index (κ2) is 14.2. The molecule has 2 atom stereocenters. The monoisotopic (exact) mass is 579 g/mol. The van der Waals surface area contributed by atoms with Gasteiger partial charge in [-0.3, -0.25) is 13.9 Å². The van der Waals surface area contributed by atoms with Gasteiger partial charge in [0.05, 0.1) is 17.7 Å². The molecular weight excluding hydrogens is 538 g/mol. The number of nitrogens with zero attached hydrogens (tertiary/aromatic N) is 2. The van der Waals surface area contributed by atoms with Crippen LogP contribution in [0.2, 0.25) is 0 Å². The number of methoxy groups -OCH3 is 1. The number of hydrogen-bond acceptors (Lipinski definition) is 5. The molecule has 0 aliphatic rings. The third-order valence-electron chi connectivity index (χ3n) is 7.06. The van der Waals surface area contributed by atoms with E-state index in [9.17, 15) is 18.0 Å². The lowest BCUT2D eigenvalue weighted by atomic mass is 10.1. The number of sulfonamides is 1. The van der Waals surface area contributed by atoms with E-state index in [0.29, 0.717) is 12.2 Å². The number of hydrogen-bond donors (Lipinski definition) is 1. The fraction of sp³-hybridized carbons (Fsp3) is 0.375. The van der Waals surface area contributed by atoms with Crippen LogP contribution in [0, 0.1) is 13.8 Å². The van der Waals surface area contributed by atoms with Gasteiger partial charge in [0, 0.05) is 12.6 Å². The minimum atomic E-state index is -4.18. The predicted octanol–water partition coefficient (Wildman–Crippen LogP) is 5.23. The Morgan fingerprint density at radius 3 is 2.20 bits per heavy atom. The summed E-state index contributed by atoms with van der Waals surface area (Å²) in [6.07, 6.45) is 1.10. The topological polar surface area (TPSA) is 96.0 Å². The average molecular weight is 580 g/mol. The molecule has 0 aliphatic heterocycles. The predicted molar refractivity (Wildman–Crippen MR) is 162 cm³/mol. The Hall–Kier alpha value is -3.85. The maximum Gasteiger partial charge on any atom is 0.264 e. The highest BCUT2D eigenvalue weighted by Gasteiger charge is 2.35. The van der Waals surface area contributed by atoms with E-state index in [1.165, 1.54) is 24.1 Å². The second-order valence-corrected chi connectivity index (χ2v) is 12.1. The van der Waals surface area contributed by atoms with Crippen molar-refractivity contribution in [1.29, 1.82) is 0 Å². The maximum atomic E-state index is 14.2. The highest BCUT2D eigenvalue weighted by atomic mass is 32.2. The second-order valence-electron chi connectivity index (χ2n) is 10.2. The first kappa shape index (κ1) is 31.7. The normalized spacial score (nSPS) is 12.7. The molecule has 0 saturated heterocycles. The fourth-order valence-corrected chi connectivity index (χ4v) is 5.98. The van der Waals surface area contributed by atoms with E-state index in [4.69, 9.17) is 4.74 Å². The highest BCUT2D eigenvalue weighted by Crippen LogP contribution is 2.32. The zero-order chi connectivity index (χ0) is 30.2. The van der Waals surface area contributed by atoms with Crippen molar-refractivity contribution in [2.75, 3.05) is 18.0 Å². The number of para-hydroxylation sites is 2. The fourth-order valence-electron chi connectivity index (χ4n) is 4.55. The third kappa shape index (κ3) is 7.88. The lowest BCUT2D eigenvalue weighted by Crippen LogP contribution is -2.53.